The van der Waals surface area contributed by atoms with Crippen LogP contribution in [0.25, 0.3) is 0 Å². The van der Waals surface area contributed by atoms with Crippen molar-refractivity contribution >= 4 is 0 Å². The summed E-state index contributed by atoms with van der Waals surface area (Å²) in [6, 6.07) is 0. The maximum atomic E-state index is 8.19. The van der Waals surface area contributed by atoms with Gasteiger partial charge in [0.1, 0.15) is 0 Å². The van der Waals surface area contributed by atoms with Gasteiger partial charge in [-0.25, -0.2) is 0 Å². The summed E-state index contributed by atoms with van der Waals surface area (Å²) in [5, 5.41) is 21.0. The molecule has 0 aromatic heterocycles. The molecule has 0 aromatic carbocycles. The van der Waals surface area contributed by atoms with Crippen molar-refractivity contribution < 1.29 is 36.4 Å². The average molecular weight is 163 g/mol. The zero-order valence-corrected chi connectivity index (χ0v) is 6.59. The van der Waals surface area contributed by atoms with Crippen molar-refractivity contribution in [1.82, 2.24) is 0 Å². The Morgan fingerprint density at radius 3 is 0.750 bits per heavy atom. The van der Waals surface area contributed by atoms with Crippen LogP contribution in [-0.4, -0.2) is 36.6 Å². The van der Waals surface area contributed by atoms with Gasteiger partial charge >= 0.3 is 21.0 Å². The van der Waals surface area contributed by atoms with Crippen molar-refractivity contribution in [2.75, 3.05) is 21.3 Å². The van der Waals surface area contributed by atoms with E-state index in [1.54, 1.807) is 0 Å². The van der Waals surface area contributed by atoms with Gasteiger partial charge in [0.15, 0.2) is 0 Å². The summed E-state index contributed by atoms with van der Waals surface area (Å²) < 4.78 is 8.19. The van der Waals surface area contributed by atoms with E-state index in [4.69, 9.17) is 19.0 Å². The quantitative estimate of drug-likeness (QED) is 0.415. The summed E-state index contributed by atoms with van der Waals surface area (Å²) in [5.41, 5.74) is 0. The van der Waals surface area contributed by atoms with Gasteiger partial charge in [-0.1, -0.05) is 0 Å². The first-order chi connectivity index (χ1) is 4.00. The molecule has 0 aliphatic carbocycles. The maximum absolute atomic E-state index is 8.19. The van der Waals surface area contributed by atoms with Crippen LogP contribution < -0.4 is 0 Å². The first-order valence-corrected chi connectivity index (χ1v) is 2.09. The standard InChI is InChI=1S/3CH4O.O.V/c3*1-2;;/h3*2H,1H3;;. The van der Waals surface area contributed by atoms with Crippen molar-refractivity contribution in [3.63, 3.8) is 0 Å². The van der Waals surface area contributed by atoms with Gasteiger partial charge in [-0.05, 0) is 0 Å². The van der Waals surface area contributed by atoms with E-state index < -0.39 is 0 Å². The molecule has 0 saturated heterocycles. The van der Waals surface area contributed by atoms with Crippen molar-refractivity contribution in [3.05, 3.63) is 0 Å². The second-order valence-corrected chi connectivity index (χ2v) is 0. The normalized spacial score (nSPS) is 2.62. The van der Waals surface area contributed by atoms with E-state index in [0.717, 1.165) is 38.7 Å². The van der Waals surface area contributed by atoms with Gasteiger partial charge < -0.3 is 15.3 Å². The Balaban J connectivity index is -0.0000000133. The van der Waals surface area contributed by atoms with Gasteiger partial charge in [-0.3, -0.25) is 0 Å². The molecule has 0 heterocycles. The summed E-state index contributed by atoms with van der Waals surface area (Å²) in [5.74, 6) is 0. The van der Waals surface area contributed by atoms with E-state index in [0.29, 0.717) is 0 Å². The van der Waals surface area contributed by atoms with E-state index in [1.165, 1.54) is 0 Å². The number of hydrogen-bond acceptors (Lipinski definition) is 4. The number of hydrogen-bond donors (Lipinski definition) is 3. The molecule has 3 N–H and O–H groups in total. The topological polar surface area (TPSA) is 77.8 Å². The molecular weight excluding hydrogens is 151 g/mol. The third-order valence-corrected chi connectivity index (χ3v) is 0. The predicted octanol–water partition coefficient (Wildman–Crippen LogP) is -1.30. The van der Waals surface area contributed by atoms with Gasteiger partial charge in [0.2, 0.25) is 0 Å². The molecule has 0 fully saturated rings. The Morgan fingerprint density at radius 1 is 0.750 bits per heavy atom. The molecule has 0 bridgehead atoms. The molecule has 53 valence electrons. The molecule has 0 saturated carbocycles. The second-order valence-electron chi connectivity index (χ2n) is 0. The van der Waals surface area contributed by atoms with Crippen LogP contribution in [0.2, 0.25) is 0 Å². The molecule has 0 atom stereocenters. The number of aliphatic hydroxyl groups excluding tert-OH is 3. The molecule has 0 radical (unpaired) electrons. The molecule has 0 unspecified atom stereocenters. The third-order valence-electron chi connectivity index (χ3n) is 0. The summed E-state index contributed by atoms with van der Waals surface area (Å²) in [6.45, 7) is 0. The van der Waals surface area contributed by atoms with Gasteiger partial charge in [0.05, 0.1) is 0 Å². The number of aliphatic hydroxyl groups is 3. The predicted molar refractivity (Wildman–Crippen MR) is 25.1 cm³/mol. The van der Waals surface area contributed by atoms with E-state index in [-0.39, 0.29) is 0 Å². The fourth-order valence-electron chi connectivity index (χ4n) is 0. The molecule has 0 aliphatic heterocycles. The van der Waals surface area contributed by atoms with Crippen LogP contribution in [-0.2, 0) is 21.0 Å². The molecule has 5 heteroatoms. The summed E-state index contributed by atoms with van der Waals surface area (Å²) in [6.07, 6.45) is 0. The van der Waals surface area contributed by atoms with Crippen LogP contribution in [0, 0.1) is 0 Å². The van der Waals surface area contributed by atoms with Crippen molar-refractivity contribution in [3.8, 4) is 0 Å². The second kappa shape index (κ2) is 4080. The number of rotatable bonds is 0. The summed E-state index contributed by atoms with van der Waals surface area (Å²) in [4.78, 5) is 0. The Bertz CT molecular complexity index is 11.2. The molecule has 0 aromatic rings. The molecule has 0 rings (SSSR count). The molecular formula is C3H12O4V. The Kier molecular flexibility index (Phi) is 12200. The minimum absolute atomic E-state index is 1.00. The van der Waals surface area contributed by atoms with Crippen molar-refractivity contribution in [2.24, 2.45) is 0 Å². The minimum atomic E-state index is 1.00. The Morgan fingerprint density at radius 2 is 0.750 bits per heavy atom. The Hall–Kier alpha value is 0.264. The third kappa shape index (κ3) is 2480. The van der Waals surface area contributed by atoms with Crippen LogP contribution in [0.3, 0.4) is 0 Å². The van der Waals surface area contributed by atoms with Crippen molar-refractivity contribution in [2.45, 2.75) is 0 Å². The van der Waals surface area contributed by atoms with Crippen molar-refractivity contribution in [1.29, 1.82) is 0 Å². The van der Waals surface area contributed by atoms with Crippen LogP contribution in [0.5, 0.6) is 0 Å². The molecule has 8 heavy (non-hydrogen) atoms. The van der Waals surface area contributed by atoms with Crippen LogP contribution in [0.15, 0.2) is 0 Å². The van der Waals surface area contributed by atoms with E-state index >= 15 is 0 Å². The fraction of sp³-hybridized carbons (Fsp3) is 1.00. The summed E-state index contributed by atoms with van der Waals surface area (Å²) >= 11 is 1.06. The molecule has 4 nitrogen and oxygen atoms in total. The average Bonchev–Trinajstić information content (AvgIpc) is 2.03. The first-order valence-electron chi connectivity index (χ1n) is 1.52. The summed E-state index contributed by atoms with van der Waals surface area (Å²) in [7, 11) is 3.00. The van der Waals surface area contributed by atoms with Crippen LogP contribution >= 0.6 is 0 Å². The van der Waals surface area contributed by atoms with Gasteiger partial charge in [-0.15, -0.1) is 0 Å². The van der Waals surface area contributed by atoms with Crippen LogP contribution in [0.4, 0.5) is 0 Å². The van der Waals surface area contributed by atoms with E-state index in [9.17, 15) is 0 Å². The first kappa shape index (κ1) is 24.0. The monoisotopic (exact) mass is 163 g/mol. The van der Waals surface area contributed by atoms with Gasteiger partial charge in [0.25, 0.3) is 0 Å². The van der Waals surface area contributed by atoms with E-state index in [1.807, 2.05) is 0 Å². The van der Waals surface area contributed by atoms with E-state index in [2.05, 4.69) is 0 Å². The zero-order valence-electron chi connectivity index (χ0n) is 5.20. The molecule has 0 spiro atoms. The van der Waals surface area contributed by atoms with Gasteiger partial charge in [-0.2, -0.15) is 0 Å². The van der Waals surface area contributed by atoms with Crippen LogP contribution in [0.1, 0.15) is 0 Å². The fourth-order valence-corrected chi connectivity index (χ4v) is 0. The molecule has 0 amide bonds. The Labute approximate surface area is 58.4 Å². The van der Waals surface area contributed by atoms with Gasteiger partial charge in [0, 0.05) is 21.3 Å². The molecule has 0 aliphatic rings. The zero-order chi connectivity index (χ0) is 8.00. The SMILES string of the molecule is CO.CO.CO.[O]=[V].